The molecule has 29 heavy (non-hydrogen) atoms. The summed E-state index contributed by atoms with van der Waals surface area (Å²) in [5.74, 6) is 1.07. The standard InChI is InChI=1S/C23H28N4O2/c28-22(20-7-4-10-24-16-20)26-21(13-17-5-2-1-3-6-17)23(29)27-11-8-18-14-25-15-19(18)9-12-27/h1-7,10,16,18-19,21,25H,8-9,11-15H2,(H,26,28)/t18-,19+,21?. The van der Waals surface area contributed by atoms with E-state index < -0.39 is 6.04 Å². The fourth-order valence-electron chi connectivity index (χ4n) is 4.45. The molecule has 152 valence electrons. The summed E-state index contributed by atoms with van der Waals surface area (Å²) < 4.78 is 0. The highest BCUT2D eigenvalue weighted by Crippen LogP contribution is 2.27. The third kappa shape index (κ3) is 4.82. The van der Waals surface area contributed by atoms with Crippen LogP contribution in [0.15, 0.2) is 54.9 Å². The van der Waals surface area contributed by atoms with Gasteiger partial charge < -0.3 is 15.5 Å². The van der Waals surface area contributed by atoms with Gasteiger partial charge in [0.25, 0.3) is 5.91 Å². The van der Waals surface area contributed by atoms with E-state index in [4.69, 9.17) is 0 Å². The maximum atomic E-state index is 13.4. The first-order valence-electron chi connectivity index (χ1n) is 10.4. The number of fused-ring (bicyclic) bond motifs is 1. The highest BCUT2D eigenvalue weighted by molar-refractivity contribution is 5.97. The van der Waals surface area contributed by atoms with Gasteiger partial charge in [0, 0.05) is 31.9 Å². The zero-order valence-electron chi connectivity index (χ0n) is 16.6. The second-order valence-electron chi connectivity index (χ2n) is 8.04. The fraction of sp³-hybridized carbons (Fsp3) is 0.435. The molecular formula is C23H28N4O2. The van der Waals surface area contributed by atoms with Crippen LogP contribution in [0.4, 0.5) is 0 Å². The van der Waals surface area contributed by atoms with E-state index in [-0.39, 0.29) is 11.8 Å². The van der Waals surface area contributed by atoms with Crippen molar-refractivity contribution in [1.82, 2.24) is 20.5 Å². The number of nitrogens with zero attached hydrogens (tertiary/aromatic N) is 2. The molecule has 1 aromatic carbocycles. The van der Waals surface area contributed by atoms with Crippen LogP contribution >= 0.6 is 0 Å². The first kappa shape index (κ1) is 19.6. The summed E-state index contributed by atoms with van der Waals surface area (Å²) in [6, 6.07) is 12.7. The number of benzene rings is 1. The van der Waals surface area contributed by atoms with Crippen LogP contribution in [-0.4, -0.2) is 53.9 Å². The first-order valence-corrected chi connectivity index (χ1v) is 10.4. The molecule has 0 aliphatic carbocycles. The molecule has 2 saturated heterocycles. The Morgan fingerprint density at radius 2 is 1.79 bits per heavy atom. The number of amides is 2. The molecule has 0 saturated carbocycles. The Labute approximate surface area is 171 Å². The lowest BCUT2D eigenvalue weighted by atomic mass is 9.92. The lowest BCUT2D eigenvalue weighted by Gasteiger charge is -2.27. The van der Waals surface area contributed by atoms with Crippen molar-refractivity contribution >= 4 is 11.8 Å². The molecule has 4 rings (SSSR count). The van der Waals surface area contributed by atoms with Crippen LogP contribution in [0.2, 0.25) is 0 Å². The number of carbonyl (C=O) groups excluding carboxylic acids is 2. The van der Waals surface area contributed by atoms with E-state index in [0.29, 0.717) is 23.8 Å². The molecule has 3 atom stereocenters. The quantitative estimate of drug-likeness (QED) is 0.815. The number of likely N-dealkylation sites (tertiary alicyclic amines) is 1. The van der Waals surface area contributed by atoms with Crippen LogP contribution < -0.4 is 10.6 Å². The van der Waals surface area contributed by atoms with E-state index >= 15 is 0 Å². The van der Waals surface area contributed by atoms with Gasteiger partial charge in [-0.25, -0.2) is 0 Å². The van der Waals surface area contributed by atoms with Crippen LogP contribution in [0, 0.1) is 11.8 Å². The summed E-state index contributed by atoms with van der Waals surface area (Å²) in [7, 11) is 0. The summed E-state index contributed by atoms with van der Waals surface area (Å²) in [5, 5.41) is 6.44. The van der Waals surface area contributed by atoms with Gasteiger partial charge in [0.1, 0.15) is 6.04 Å². The Morgan fingerprint density at radius 3 is 2.45 bits per heavy atom. The predicted octanol–water partition coefficient (Wildman–Crippen LogP) is 1.88. The Kier molecular flexibility index (Phi) is 6.20. The molecule has 2 aromatic rings. The van der Waals surface area contributed by atoms with Crippen molar-refractivity contribution in [3.63, 3.8) is 0 Å². The van der Waals surface area contributed by atoms with Crippen LogP contribution in [0.5, 0.6) is 0 Å². The van der Waals surface area contributed by atoms with Gasteiger partial charge in [-0.2, -0.15) is 0 Å². The molecule has 6 heteroatoms. The van der Waals surface area contributed by atoms with E-state index in [1.807, 2.05) is 35.2 Å². The van der Waals surface area contributed by atoms with Crippen molar-refractivity contribution in [1.29, 1.82) is 0 Å². The maximum Gasteiger partial charge on any atom is 0.253 e. The molecule has 6 nitrogen and oxygen atoms in total. The zero-order chi connectivity index (χ0) is 20.1. The number of aromatic nitrogens is 1. The van der Waals surface area contributed by atoms with Crippen molar-refractivity contribution < 1.29 is 9.59 Å². The average Bonchev–Trinajstić information content (AvgIpc) is 3.12. The monoisotopic (exact) mass is 392 g/mol. The van der Waals surface area contributed by atoms with Gasteiger partial charge in [-0.1, -0.05) is 30.3 Å². The van der Waals surface area contributed by atoms with Gasteiger partial charge in [0.2, 0.25) is 5.91 Å². The molecule has 1 aromatic heterocycles. The number of rotatable bonds is 5. The van der Waals surface area contributed by atoms with Crippen molar-refractivity contribution in [2.75, 3.05) is 26.2 Å². The molecule has 2 N–H and O–H groups in total. The summed E-state index contributed by atoms with van der Waals surface area (Å²) in [6.45, 7) is 3.63. The van der Waals surface area contributed by atoms with Gasteiger partial charge in [-0.3, -0.25) is 14.6 Å². The molecule has 2 fully saturated rings. The Balaban J connectivity index is 1.49. The molecule has 2 aliphatic rings. The maximum absolute atomic E-state index is 13.4. The van der Waals surface area contributed by atoms with Crippen molar-refractivity contribution in [2.45, 2.75) is 25.3 Å². The SMILES string of the molecule is O=C(NC(Cc1ccccc1)C(=O)N1CC[C@@H]2CNC[C@@H]2CC1)c1cccnc1. The van der Waals surface area contributed by atoms with E-state index in [1.54, 1.807) is 18.3 Å². The van der Waals surface area contributed by atoms with E-state index in [1.165, 1.54) is 6.20 Å². The minimum atomic E-state index is -0.582. The number of nitrogens with one attached hydrogen (secondary N) is 2. The summed E-state index contributed by atoms with van der Waals surface area (Å²) in [4.78, 5) is 32.1. The number of hydrogen-bond donors (Lipinski definition) is 2. The lowest BCUT2D eigenvalue weighted by Crippen LogP contribution is -2.50. The molecule has 1 unspecified atom stereocenters. The average molecular weight is 393 g/mol. The Morgan fingerprint density at radius 1 is 1.07 bits per heavy atom. The number of hydrogen-bond acceptors (Lipinski definition) is 4. The molecule has 2 amide bonds. The van der Waals surface area contributed by atoms with Crippen molar-refractivity contribution in [3.8, 4) is 0 Å². The predicted molar refractivity (Wildman–Crippen MR) is 111 cm³/mol. The normalized spacial score (nSPS) is 22.4. The number of carbonyl (C=O) groups is 2. The Hall–Kier alpha value is -2.73. The molecular weight excluding hydrogens is 364 g/mol. The second-order valence-corrected chi connectivity index (χ2v) is 8.04. The van der Waals surface area contributed by atoms with Gasteiger partial charge in [-0.05, 0) is 55.5 Å². The third-order valence-corrected chi connectivity index (χ3v) is 6.14. The van der Waals surface area contributed by atoms with E-state index in [0.717, 1.165) is 44.6 Å². The highest BCUT2D eigenvalue weighted by Gasteiger charge is 2.34. The molecule has 0 bridgehead atoms. The minimum absolute atomic E-state index is 0.0130. The van der Waals surface area contributed by atoms with Crippen molar-refractivity contribution in [3.05, 3.63) is 66.0 Å². The summed E-state index contributed by atoms with van der Waals surface area (Å²) in [6.07, 6.45) is 5.69. The van der Waals surface area contributed by atoms with Gasteiger partial charge in [0.15, 0.2) is 0 Å². The van der Waals surface area contributed by atoms with E-state index in [9.17, 15) is 9.59 Å². The zero-order valence-corrected chi connectivity index (χ0v) is 16.6. The topological polar surface area (TPSA) is 74.3 Å². The second kappa shape index (κ2) is 9.18. The first-order chi connectivity index (χ1) is 14.2. The minimum Gasteiger partial charge on any atom is -0.341 e. The molecule has 3 heterocycles. The number of pyridine rings is 1. The summed E-state index contributed by atoms with van der Waals surface area (Å²) >= 11 is 0. The van der Waals surface area contributed by atoms with Crippen LogP contribution in [0.1, 0.15) is 28.8 Å². The highest BCUT2D eigenvalue weighted by atomic mass is 16.2. The van der Waals surface area contributed by atoms with Crippen LogP contribution in [0.3, 0.4) is 0 Å². The van der Waals surface area contributed by atoms with Crippen LogP contribution in [0.25, 0.3) is 0 Å². The molecule has 2 aliphatic heterocycles. The van der Waals surface area contributed by atoms with Gasteiger partial charge >= 0.3 is 0 Å². The molecule has 0 spiro atoms. The van der Waals surface area contributed by atoms with E-state index in [2.05, 4.69) is 15.6 Å². The van der Waals surface area contributed by atoms with Gasteiger partial charge in [-0.15, -0.1) is 0 Å². The largest absolute Gasteiger partial charge is 0.341 e. The lowest BCUT2D eigenvalue weighted by molar-refractivity contribution is -0.133. The third-order valence-electron chi connectivity index (χ3n) is 6.14. The molecule has 0 radical (unpaired) electrons. The summed E-state index contributed by atoms with van der Waals surface area (Å²) in [5.41, 5.74) is 1.50. The smallest absolute Gasteiger partial charge is 0.253 e. The van der Waals surface area contributed by atoms with Gasteiger partial charge in [0.05, 0.1) is 5.56 Å². The van der Waals surface area contributed by atoms with Crippen LogP contribution in [-0.2, 0) is 11.2 Å². The van der Waals surface area contributed by atoms with Crippen molar-refractivity contribution in [2.24, 2.45) is 11.8 Å². The fourth-order valence-corrected chi connectivity index (χ4v) is 4.45. The Bertz CT molecular complexity index is 813.